The number of hydrogen-bond donors (Lipinski definition) is 2. The van der Waals surface area contributed by atoms with Gasteiger partial charge in [-0.25, -0.2) is 0 Å². The zero-order chi connectivity index (χ0) is 18.7. The monoisotopic (exact) mass is 359 g/mol. The first-order valence-corrected chi connectivity index (χ1v) is 9.33. The molecule has 0 spiro atoms. The molecule has 2 N–H and O–H groups in total. The molecule has 7 nitrogen and oxygen atoms in total. The van der Waals surface area contributed by atoms with Crippen LogP contribution in [-0.4, -0.2) is 28.8 Å². The highest BCUT2D eigenvalue weighted by Gasteiger charge is 2.40. The fourth-order valence-corrected chi connectivity index (χ4v) is 4.49. The van der Waals surface area contributed by atoms with Crippen LogP contribution in [0.3, 0.4) is 0 Å². The molecule has 2 aliphatic rings. The first-order valence-electron chi connectivity index (χ1n) is 9.33. The second kappa shape index (κ2) is 7.85. The number of nitro groups is 1. The van der Waals surface area contributed by atoms with Gasteiger partial charge in [0.15, 0.2) is 0 Å². The van der Waals surface area contributed by atoms with Crippen LogP contribution in [0.1, 0.15) is 55.8 Å². The molecule has 1 aliphatic heterocycles. The molecule has 1 heterocycles. The fraction of sp³-hybridized carbons (Fsp3) is 0.579. The SMILES string of the molecule is CCCC1CC(=O)NC2CC(NC(=O)c3ccccc3[N+](=O)[O-])CCC12. The number of rotatable bonds is 5. The van der Waals surface area contributed by atoms with Crippen molar-refractivity contribution in [1.82, 2.24) is 10.6 Å². The number of fused-ring (bicyclic) bond motifs is 1. The molecule has 3 rings (SSSR count). The average molecular weight is 359 g/mol. The van der Waals surface area contributed by atoms with Crippen LogP contribution >= 0.6 is 0 Å². The van der Waals surface area contributed by atoms with Crippen molar-refractivity contribution >= 4 is 17.5 Å². The van der Waals surface area contributed by atoms with E-state index in [1.807, 2.05) is 0 Å². The molecule has 1 aromatic carbocycles. The van der Waals surface area contributed by atoms with Gasteiger partial charge >= 0.3 is 0 Å². The molecule has 0 bridgehead atoms. The molecule has 7 heteroatoms. The van der Waals surface area contributed by atoms with Crippen LogP contribution in [0.2, 0.25) is 0 Å². The summed E-state index contributed by atoms with van der Waals surface area (Å²) < 4.78 is 0. The maximum atomic E-state index is 12.5. The van der Waals surface area contributed by atoms with E-state index in [1.165, 1.54) is 12.1 Å². The Bertz CT molecular complexity index is 706. The molecule has 2 fully saturated rings. The standard InChI is InChI=1S/C19H25N3O4/c1-2-5-12-10-18(23)21-16-11-13(8-9-14(12)16)20-19(24)15-6-3-4-7-17(15)22(25)26/h3-4,6-7,12-14,16H,2,5,8-11H2,1H3,(H,20,24)(H,21,23). The van der Waals surface area contributed by atoms with Crippen LogP contribution in [0.15, 0.2) is 24.3 Å². The summed E-state index contributed by atoms with van der Waals surface area (Å²) in [5.74, 6) is 0.556. The number of carbonyl (C=O) groups is 2. The van der Waals surface area contributed by atoms with Crippen molar-refractivity contribution < 1.29 is 14.5 Å². The van der Waals surface area contributed by atoms with Crippen LogP contribution in [0.4, 0.5) is 5.69 Å². The quantitative estimate of drug-likeness (QED) is 0.623. The van der Waals surface area contributed by atoms with Gasteiger partial charge in [-0.3, -0.25) is 19.7 Å². The van der Waals surface area contributed by atoms with Crippen LogP contribution in [0, 0.1) is 22.0 Å². The molecule has 1 aromatic rings. The number of nitrogens with one attached hydrogen (secondary N) is 2. The first-order chi connectivity index (χ1) is 12.5. The third-order valence-electron chi connectivity index (χ3n) is 5.64. The van der Waals surface area contributed by atoms with E-state index in [1.54, 1.807) is 12.1 Å². The van der Waals surface area contributed by atoms with Gasteiger partial charge in [0.1, 0.15) is 5.56 Å². The third-order valence-corrected chi connectivity index (χ3v) is 5.64. The molecular formula is C19H25N3O4. The van der Waals surface area contributed by atoms with Crippen molar-refractivity contribution in [1.29, 1.82) is 0 Å². The van der Waals surface area contributed by atoms with E-state index in [-0.39, 0.29) is 29.2 Å². The highest BCUT2D eigenvalue weighted by Crippen LogP contribution is 2.37. The van der Waals surface area contributed by atoms with Crippen LogP contribution < -0.4 is 10.6 Å². The Kier molecular flexibility index (Phi) is 5.54. The minimum atomic E-state index is -0.539. The Morgan fingerprint density at radius 2 is 2.12 bits per heavy atom. The smallest absolute Gasteiger partial charge is 0.282 e. The lowest BCUT2D eigenvalue weighted by Gasteiger charge is -2.44. The van der Waals surface area contributed by atoms with Gasteiger partial charge in [0.2, 0.25) is 5.91 Å². The summed E-state index contributed by atoms with van der Waals surface area (Å²) in [5, 5.41) is 17.1. The molecule has 1 aliphatic carbocycles. The van der Waals surface area contributed by atoms with Gasteiger partial charge < -0.3 is 10.6 Å². The maximum Gasteiger partial charge on any atom is 0.282 e. The minimum Gasteiger partial charge on any atom is -0.353 e. The number of benzene rings is 1. The fourth-order valence-electron chi connectivity index (χ4n) is 4.49. The summed E-state index contributed by atoms with van der Waals surface area (Å²) in [6.07, 6.45) is 5.20. The number of nitrogens with zero attached hydrogens (tertiary/aromatic N) is 1. The van der Waals surface area contributed by atoms with Crippen molar-refractivity contribution in [2.45, 2.75) is 57.5 Å². The van der Waals surface area contributed by atoms with E-state index in [2.05, 4.69) is 17.6 Å². The minimum absolute atomic E-state index is 0.0794. The lowest BCUT2D eigenvalue weighted by Crippen LogP contribution is -2.55. The lowest BCUT2D eigenvalue weighted by molar-refractivity contribution is -0.385. The predicted molar refractivity (Wildman–Crippen MR) is 96.6 cm³/mol. The summed E-state index contributed by atoms with van der Waals surface area (Å²) >= 11 is 0. The van der Waals surface area contributed by atoms with Gasteiger partial charge in [-0.15, -0.1) is 0 Å². The molecule has 2 amide bonds. The van der Waals surface area contributed by atoms with Gasteiger partial charge in [0, 0.05) is 24.6 Å². The molecule has 26 heavy (non-hydrogen) atoms. The zero-order valence-electron chi connectivity index (χ0n) is 14.9. The second-order valence-corrected chi connectivity index (χ2v) is 7.35. The number of para-hydroxylation sites is 1. The van der Waals surface area contributed by atoms with E-state index < -0.39 is 10.8 Å². The highest BCUT2D eigenvalue weighted by molar-refractivity contribution is 5.98. The predicted octanol–water partition coefficient (Wildman–Crippen LogP) is 2.80. The van der Waals surface area contributed by atoms with Gasteiger partial charge in [-0.05, 0) is 43.6 Å². The molecule has 0 radical (unpaired) electrons. The number of piperidine rings is 1. The Labute approximate surface area is 152 Å². The number of amides is 2. The Morgan fingerprint density at radius 1 is 1.35 bits per heavy atom. The molecule has 1 saturated carbocycles. The van der Waals surface area contributed by atoms with Crippen LogP contribution in [0.5, 0.6) is 0 Å². The Balaban J connectivity index is 1.67. The molecule has 4 atom stereocenters. The van der Waals surface area contributed by atoms with E-state index in [0.717, 1.165) is 25.7 Å². The highest BCUT2D eigenvalue weighted by atomic mass is 16.6. The van der Waals surface area contributed by atoms with Crippen LogP contribution in [0.25, 0.3) is 0 Å². The normalized spacial score (nSPS) is 28.0. The van der Waals surface area contributed by atoms with Crippen LogP contribution in [-0.2, 0) is 4.79 Å². The molecular weight excluding hydrogens is 334 g/mol. The van der Waals surface area contributed by atoms with E-state index in [9.17, 15) is 19.7 Å². The molecule has 140 valence electrons. The molecule has 1 saturated heterocycles. The third kappa shape index (κ3) is 3.86. The summed E-state index contributed by atoms with van der Waals surface area (Å²) in [5.41, 5.74) is -0.108. The molecule has 0 aromatic heterocycles. The number of hydrogen-bond acceptors (Lipinski definition) is 4. The van der Waals surface area contributed by atoms with Crippen molar-refractivity contribution in [3.05, 3.63) is 39.9 Å². The van der Waals surface area contributed by atoms with Crippen molar-refractivity contribution in [3.8, 4) is 0 Å². The number of carbonyl (C=O) groups excluding carboxylic acids is 2. The van der Waals surface area contributed by atoms with Crippen molar-refractivity contribution in [2.75, 3.05) is 0 Å². The summed E-state index contributed by atoms with van der Waals surface area (Å²) in [7, 11) is 0. The summed E-state index contributed by atoms with van der Waals surface area (Å²) in [4.78, 5) is 35.1. The Hall–Kier alpha value is -2.44. The topological polar surface area (TPSA) is 101 Å². The molecule has 4 unspecified atom stereocenters. The average Bonchev–Trinajstić information content (AvgIpc) is 2.61. The van der Waals surface area contributed by atoms with Gasteiger partial charge in [-0.1, -0.05) is 25.5 Å². The number of nitro benzene ring substituents is 1. The van der Waals surface area contributed by atoms with E-state index >= 15 is 0 Å². The van der Waals surface area contributed by atoms with Gasteiger partial charge in [-0.2, -0.15) is 0 Å². The largest absolute Gasteiger partial charge is 0.353 e. The van der Waals surface area contributed by atoms with Crippen molar-refractivity contribution in [3.63, 3.8) is 0 Å². The summed E-state index contributed by atoms with van der Waals surface area (Å²) in [6, 6.07) is 5.98. The maximum absolute atomic E-state index is 12.5. The van der Waals surface area contributed by atoms with Gasteiger partial charge in [0.25, 0.3) is 11.6 Å². The van der Waals surface area contributed by atoms with E-state index in [0.29, 0.717) is 24.7 Å². The van der Waals surface area contributed by atoms with Gasteiger partial charge in [0.05, 0.1) is 4.92 Å². The van der Waals surface area contributed by atoms with E-state index in [4.69, 9.17) is 0 Å². The van der Waals surface area contributed by atoms with Crippen molar-refractivity contribution in [2.24, 2.45) is 11.8 Å². The zero-order valence-corrected chi connectivity index (χ0v) is 14.9. The lowest BCUT2D eigenvalue weighted by atomic mass is 9.70. The second-order valence-electron chi connectivity index (χ2n) is 7.35. The Morgan fingerprint density at radius 3 is 2.85 bits per heavy atom. The first kappa shape index (κ1) is 18.4. The summed E-state index contributed by atoms with van der Waals surface area (Å²) in [6.45, 7) is 2.14.